The summed E-state index contributed by atoms with van der Waals surface area (Å²) in [7, 11) is 1.29. The van der Waals surface area contributed by atoms with Crippen LogP contribution in [0.2, 0.25) is 0 Å². The lowest BCUT2D eigenvalue weighted by molar-refractivity contribution is 0.187. The van der Waals surface area contributed by atoms with Gasteiger partial charge in [-0.15, -0.1) is 0 Å². The summed E-state index contributed by atoms with van der Waals surface area (Å²) in [4.78, 5) is 29.1. The van der Waals surface area contributed by atoms with Crippen LogP contribution >= 0.6 is 0 Å². The lowest BCUT2D eigenvalue weighted by Gasteiger charge is -2.10. The largest absolute Gasteiger partial charge is 0.453 e. The highest BCUT2D eigenvalue weighted by molar-refractivity contribution is 5.83. The maximum Gasteiger partial charge on any atom is 0.412 e. The highest BCUT2D eigenvalue weighted by Crippen LogP contribution is 2.30. The molecule has 4 aromatic heterocycles. The Morgan fingerprint density at radius 3 is 2.24 bits per heavy atom. The van der Waals surface area contributed by atoms with Gasteiger partial charge in [0.2, 0.25) is 0 Å². The molecule has 0 aliphatic rings. The molecule has 0 aliphatic heterocycles. The number of anilines is 1. The lowest BCUT2D eigenvalue weighted by Crippen LogP contribution is -2.11. The van der Waals surface area contributed by atoms with E-state index >= 15 is 0 Å². The van der Waals surface area contributed by atoms with E-state index in [-0.39, 0.29) is 5.82 Å². The Kier molecular flexibility index (Phi) is 5.19. The second-order valence-electron chi connectivity index (χ2n) is 7.10. The van der Waals surface area contributed by atoms with Crippen molar-refractivity contribution in [1.82, 2.24) is 24.3 Å². The van der Waals surface area contributed by atoms with Crippen molar-refractivity contribution in [2.45, 2.75) is 0 Å². The molecule has 9 heteroatoms. The van der Waals surface area contributed by atoms with Gasteiger partial charge in [0.1, 0.15) is 17.3 Å². The van der Waals surface area contributed by atoms with Crippen LogP contribution in [-0.4, -0.2) is 37.5 Å². The maximum atomic E-state index is 13.4. The van der Waals surface area contributed by atoms with Crippen molar-refractivity contribution in [2.24, 2.45) is 0 Å². The van der Waals surface area contributed by atoms with E-state index in [0.717, 1.165) is 28.0 Å². The number of amides is 1. The van der Waals surface area contributed by atoms with Gasteiger partial charge in [0.25, 0.3) is 0 Å². The van der Waals surface area contributed by atoms with Crippen molar-refractivity contribution in [3.05, 3.63) is 85.3 Å². The molecule has 0 saturated heterocycles. The highest BCUT2D eigenvalue weighted by atomic mass is 19.1. The van der Waals surface area contributed by atoms with Crippen molar-refractivity contribution >= 4 is 17.6 Å². The number of rotatable bonds is 4. The number of nitrogens with one attached hydrogen (secondary N) is 1. The fourth-order valence-electron chi connectivity index (χ4n) is 3.48. The lowest BCUT2D eigenvalue weighted by atomic mass is 10.1. The zero-order valence-electron chi connectivity index (χ0n) is 17.4. The van der Waals surface area contributed by atoms with Gasteiger partial charge in [-0.2, -0.15) is 0 Å². The predicted octanol–water partition coefficient (Wildman–Crippen LogP) is 4.84. The number of imidazole rings is 1. The molecule has 0 radical (unpaired) electrons. The summed E-state index contributed by atoms with van der Waals surface area (Å²) in [6.45, 7) is 0. The van der Waals surface area contributed by atoms with Gasteiger partial charge in [-0.1, -0.05) is 0 Å². The number of hydrogen-bond donors (Lipinski definition) is 1. The molecular formula is C24H17FN6O2. The molecule has 5 rings (SSSR count). The summed E-state index contributed by atoms with van der Waals surface area (Å²) < 4.78 is 19.9. The third-order valence-corrected chi connectivity index (χ3v) is 5.07. The minimum atomic E-state index is -0.587. The van der Waals surface area contributed by atoms with Crippen LogP contribution in [0.3, 0.4) is 0 Å². The summed E-state index contributed by atoms with van der Waals surface area (Å²) in [6, 6.07) is 13.5. The molecule has 1 aromatic carbocycles. The summed E-state index contributed by atoms with van der Waals surface area (Å²) >= 11 is 0. The van der Waals surface area contributed by atoms with Crippen LogP contribution in [0.15, 0.2) is 79.5 Å². The summed E-state index contributed by atoms with van der Waals surface area (Å²) in [5, 5.41) is 2.52. The summed E-state index contributed by atoms with van der Waals surface area (Å²) in [5.41, 5.74) is 5.29. The molecule has 4 heterocycles. The first-order chi connectivity index (χ1) is 16.1. The minimum Gasteiger partial charge on any atom is -0.453 e. The van der Waals surface area contributed by atoms with Gasteiger partial charge in [0.05, 0.1) is 30.4 Å². The van der Waals surface area contributed by atoms with Crippen LogP contribution in [0.25, 0.3) is 39.4 Å². The topological polar surface area (TPSA) is 94.3 Å². The molecule has 0 aliphatic carbocycles. The summed E-state index contributed by atoms with van der Waals surface area (Å²) in [6.07, 6.45) is 7.97. The maximum absolute atomic E-state index is 13.4. The smallest absolute Gasteiger partial charge is 0.412 e. The quantitative estimate of drug-likeness (QED) is 0.430. The zero-order valence-corrected chi connectivity index (χ0v) is 17.4. The Bertz CT molecular complexity index is 1450. The zero-order chi connectivity index (χ0) is 22.8. The first-order valence-corrected chi connectivity index (χ1v) is 9.98. The van der Waals surface area contributed by atoms with Gasteiger partial charge >= 0.3 is 6.09 Å². The van der Waals surface area contributed by atoms with Crippen LogP contribution in [0.5, 0.6) is 0 Å². The molecular weight excluding hydrogens is 423 g/mol. The van der Waals surface area contributed by atoms with Gasteiger partial charge in [0.15, 0.2) is 0 Å². The number of pyridine rings is 2. The molecule has 0 unspecified atom stereocenters. The van der Waals surface area contributed by atoms with E-state index in [1.54, 1.807) is 43.0 Å². The normalized spacial score (nSPS) is 10.8. The van der Waals surface area contributed by atoms with Crippen molar-refractivity contribution in [1.29, 1.82) is 0 Å². The average Bonchev–Trinajstić information content (AvgIpc) is 3.28. The Hall–Kier alpha value is -4.66. The van der Waals surface area contributed by atoms with Gasteiger partial charge in [0, 0.05) is 41.5 Å². The number of methoxy groups -OCH3 is 1. The third kappa shape index (κ3) is 3.99. The van der Waals surface area contributed by atoms with Crippen molar-refractivity contribution in [3.8, 4) is 33.8 Å². The molecule has 0 fully saturated rings. The van der Waals surface area contributed by atoms with Gasteiger partial charge in [-0.25, -0.2) is 19.2 Å². The Balaban J connectivity index is 1.55. The first-order valence-electron chi connectivity index (χ1n) is 9.98. The van der Waals surface area contributed by atoms with Gasteiger partial charge < -0.3 is 4.74 Å². The molecule has 8 nitrogen and oxygen atoms in total. The van der Waals surface area contributed by atoms with E-state index < -0.39 is 6.09 Å². The summed E-state index contributed by atoms with van der Waals surface area (Å²) in [5.74, 6) is 0.0682. The number of carbonyl (C=O) groups is 1. The molecule has 5 aromatic rings. The van der Waals surface area contributed by atoms with Crippen LogP contribution in [0.1, 0.15) is 0 Å². The standard InChI is InChI=1S/C24H17FN6O2/c1-33-24(32)30-20-8-4-16(12-28-20)19-13-29-21-9-5-17(14-31(19)21)23-22(26-10-11-27-23)15-2-6-18(25)7-3-15/h2-14H,1H3,(H,28,30,32). The molecule has 162 valence electrons. The van der Waals surface area contributed by atoms with Crippen LogP contribution in [0.4, 0.5) is 15.0 Å². The monoisotopic (exact) mass is 440 g/mol. The Labute approximate surface area is 187 Å². The number of benzene rings is 1. The van der Waals surface area contributed by atoms with Gasteiger partial charge in [-0.05, 0) is 48.5 Å². The highest BCUT2D eigenvalue weighted by Gasteiger charge is 2.13. The molecule has 0 saturated carbocycles. The van der Waals surface area contributed by atoms with Crippen molar-refractivity contribution < 1.29 is 13.9 Å². The number of carbonyl (C=O) groups excluding carboxylic acids is 1. The van der Waals surface area contributed by atoms with E-state index in [9.17, 15) is 9.18 Å². The van der Waals surface area contributed by atoms with E-state index in [2.05, 4.69) is 30.0 Å². The molecule has 1 amide bonds. The number of halogens is 1. The van der Waals surface area contributed by atoms with Crippen LogP contribution < -0.4 is 5.32 Å². The Morgan fingerprint density at radius 2 is 1.55 bits per heavy atom. The van der Waals surface area contributed by atoms with Crippen LogP contribution in [-0.2, 0) is 4.74 Å². The number of fused-ring (bicyclic) bond motifs is 1. The Morgan fingerprint density at radius 1 is 0.848 bits per heavy atom. The third-order valence-electron chi connectivity index (χ3n) is 5.07. The number of nitrogens with zero attached hydrogens (tertiary/aromatic N) is 5. The van der Waals surface area contributed by atoms with Crippen LogP contribution in [0, 0.1) is 5.82 Å². The first kappa shape index (κ1) is 20.3. The van der Waals surface area contributed by atoms with E-state index in [1.807, 2.05) is 28.8 Å². The van der Waals surface area contributed by atoms with Crippen molar-refractivity contribution in [3.63, 3.8) is 0 Å². The molecule has 0 bridgehead atoms. The fourth-order valence-corrected chi connectivity index (χ4v) is 3.48. The van der Waals surface area contributed by atoms with E-state index in [4.69, 9.17) is 0 Å². The van der Waals surface area contributed by atoms with Gasteiger partial charge in [-0.3, -0.25) is 19.7 Å². The number of hydrogen-bond acceptors (Lipinski definition) is 6. The molecule has 0 spiro atoms. The fraction of sp³-hybridized carbons (Fsp3) is 0.0417. The minimum absolute atomic E-state index is 0.310. The predicted molar refractivity (Wildman–Crippen MR) is 121 cm³/mol. The molecule has 1 N–H and O–H groups in total. The van der Waals surface area contributed by atoms with Crippen molar-refractivity contribution in [2.75, 3.05) is 12.4 Å². The molecule has 33 heavy (non-hydrogen) atoms. The number of aromatic nitrogens is 5. The average molecular weight is 440 g/mol. The second-order valence-corrected chi connectivity index (χ2v) is 7.10. The molecule has 0 atom stereocenters. The number of ether oxygens (including phenoxy) is 1. The van der Waals surface area contributed by atoms with E-state index in [1.165, 1.54) is 19.2 Å². The van der Waals surface area contributed by atoms with E-state index in [0.29, 0.717) is 17.2 Å². The second kappa shape index (κ2) is 8.46. The SMILES string of the molecule is COC(=O)Nc1ccc(-c2cnc3ccc(-c4nccnc4-c4ccc(F)cc4)cn23)cn1.